The van der Waals surface area contributed by atoms with E-state index in [4.69, 9.17) is 10.5 Å². The lowest BCUT2D eigenvalue weighted by molar-refractivity contribution is 0.415. The predicted octanol–water partition coefficient (Wildman–Crippen LogP) is 1.98. The molecule has 1 aliphatic rings. The number of aryl methyl sites for hydroxylation is 1. The number of nitrogens with one attached hydrogen (secondary N) is 1. The molecule has 0 atom stereocenters. The molecule has 7 heteroatoms. The number of rotatable bonds is 5. The number of hydrogen-bond acceptors (Lipinski definition) is 4. The second-order valence-electron chi connectivity index (χ2n) is 5.87. The Hall–Kier alpha value is -2.57. The second kappa shape index (κ2) is 7.81. The molecule has 0 saturated heterocycles. The fraction of sp³-hybridized carbons (Fsp3) is 0.471. The lowest BCUT2D eigenvalue weighted by atomic mass is 10.2. The third-order valence-electron chi connectivity index (χ3n) is 4.15. The number of nitrogens with two attached hydrogens (primary N) is 1. The van der Waals surface area contributed by atoms with E-state index in [2.05, 4.69) is 25.1 Å². The lowest BCUT2D eigenvalue weighted by Crippen LogP contribution is -2.23. The molecule has 0 aliphatic carbocycles. The van der Waals surface area contributed by atoms with Crippen molar-refractivity contribution in [3.05, 3.63) is 35.9 Å². The number of guanidine groups is 1. The minimum absolute atomic E-state index is 0.388. The van der Waals surface area contributed by atoms with Gasteiger partial charge in [0.2, 0.25) is 0 Å². The highest BCUT2D eigenvalue weighted by Crippen LogP contribution is 2.16. The zero-order valence-electron chi connectivity index (χ0n) is 14.0. The monoisotopic (exact) mass is 328 g/mol. The van der Waals surface area contributed by atoms with Gasteiger partial charge in [0.15, 0.2) is 5.96 Å². The Bertz CT molecular complexity index is 709. The summed E-state index contributed by atoms with van der Waals surface area (Å²) in [6, 6.07) is 7.58. The normalized spacial score (nSPS) is 14.8. The first kappa shape index (κ1) is 16.3. The number of ether oxygens (including phenoxy) is 1. The van der Waals surface area contributed by atoms with Crippen LogP contribution < -0.4 is 15.8 Å². The summed E-state index contributed by atoms with van der Waals surface area (Å²) < 4.78 is 7.44. The summed E-state index contributed by atoms with van der Waals surface area (Å²) in [6.07, 6.45) is 5.43. The average Bonchev–Trinajstić information content (AvgIpc) is 2.82. The molecular weight excluding hydrogens is 304 g/mol. The van der Waals surface area contributed by atoms with Crippen molar-refractivity contribution in [2.75, 3.05) is 19.0 Å². The van der Waals surface area contributed by atoms with Crippen LogP contribution in [0.5, 0.6) is 5.75 Å². The number of aliphatic imine (C=N–C) groups is 1. The van der Waals surface area contributed by atoms with Gasteiger partial charge in [-0.05, 0) is 25.0 Å². The van der Waals surface area contributed by atoms with Crippen LogP contribution >= 0.6 is 0 Å². The van der Waals surface area contributed by atoms with Gasteiger partial charge in [0.25, 0.3) is 0 Å². The van der Waals surface area contributed by atoms with Crippen molar-refractivity contribution in [1.82, 2.24) is 14.8 Å². The van der Waals surface area contributed by atoms with E-state index in [9.17, 15) is 0 Å². The molecule has 3 rings (SSSR count). The van der Waals surface area contributed by atoms with Crippen LogP contribution in [-0.2, 0) is 19.4 Å². The Morgan fingerprint density at radius 2 is 2.25 bits per heavy atom. The maximum absolute atomic E-state index is 5.95. The topological polar surface area (TPSA) is 90.3 Å². The zero-order chi connectivity index (χ0) is 16.8. The molecular formula is C17H24N6O. The van der Waals surface area contributed by atoms with Crippen molar-refractivity contribution in [2.45, 2.75) is 38.6 Å². The van der Waals surface area contributed by atoms with Gasteiger partial charge in [-0.15, -0.1) is 10.2 Å². The van der Waals surface area contributed by atoms with Gasteiger partial charge in [-0.2, -0.15) is 0 Å². The summed E-state index contributed by atoms with van der Waals surface area (Å²) in [5, 5.41) is 11.7. The first-order valence-corrected chi connectivity index (χ1v) is 8.38. The number of methoxy groups -OCH3 is 1. The number of nitrogens with zero attached hydrogens (tertiary/aromatic N) is 4. The molecule has 0 amide bonds. The van der Waals surface area contributed by atoms with Crippen LogP contribution in [-0.4, -0.2) is 34.4 Å². The third-order valence-corrected chi connectivity index (χ3v) is 4.15. The van der Waals surface area contributed by atoms with Gasteiger partial charge in [0.05, 0.1) is 7.11 Å². The van der Waals surface area contributed by atoms with Crippen LogP contribution in [0, 0.1) is 0 Å². The Kier molecular flexibility index (Phi) is 5.30. The van der Waals surface area contributed by atoms with Crippen molar-refractivity contribution >= 4 is 11.6 Å². The van der Waals surface area contributed by atoms with Gasteiger partial charge in [-0.25, -0.2) is 0 Å². The zero-order valence-corrected chi connectivity index (χ0v) is 14.0. The molecule has 0 spiro atoms. The molecule has 0 unspecified atom stereocenters. The number of fused-ring (bicyclic) bond motifs is 1. The predicted molar refractivity (Wildman–Crippen MR) is 94.4 cm³/mol. The summed E-state index contributed by atoms with van der Waals surface area (Å²) in [5.41, 5.74) is 6.81. The van der Waals surface area contributed by atoms with Crippen LogP contribution in [0.25, 0.3) is 0 Å². The van der Waals surface area contributed by atoms with Crippen LogP contribution in [0.2, 0.25) is 0 Å². The molecule has 0 radical (unpaired) electrons. The van der Waals surface area contributed by atoms with E-state index < -0.39 is 0 Å². The van der Waals surface area contributed by atoms with E-state index in [0.717, 1.165) is 42.5 Å². The van der Waals surface area contributed by atoms with E-state index in [0.29, 0.717) is 12.5 Å². The largest absolute Gasteiger partial charge is 0.497 e. The highest BCUT2D eigenvalue weighted by molar-refractivity contribution is 5.92. The van der Waals surface area contributed by atoms with Crippen LogP contribution in [0.15, 0.2) is 29.3 Å². The van der Waals surface area contributed by atoms with Gasteiger partial charge < -0.3 is 20.4 Å². The Morgan fingerprint density at radius 3 is 3.12 bits per heavy atom. The SMILES string of the molecule is COc1cccc(NC(N)=NCCc2nnc3n2CCCCC3)c1. The van der Waals surface area contributed by atoms with E-state index in [1.165, 1.54) is 19.3 Å². The first-order chi connectivity index (χ1) is 11.8. The molecule has 128 valence electrons. The van der Waals surface area contributed by atoms with Crippen molar-refractivity contribution in [1.29, 1.82) is 0 Å². The Morgan fingerprint density at radius 1 is 1.33 bits per heavy atom. The maximum atomic E-state index is 5.95. The highest BCUT2D eigenvalue weighted by atomic mass is 16.5. The molecule has 1 aromatic carbocycles. The second-order valence-corrected chi connectivity index (χ2v) is 5.87. The summed E-state index contributed by atoms with van der Waals surface area (Å²) in [6.45, 7) is 1.60. The Balaban J connectivity index is 1.57. The first-order valence-electron chi connectivity index (χ1n) is 8.38. The maximum Gasteiger partial charge on any atom is 0.193 e. The number of anilines is 1. The van der Waals surface area contributed by atoms with Crippen molar-refractivity contribution in [2.24, 2.45) is 10.7 Å². The van der Waals surface area contributed by atoms with Crippen LogP contribution in [0.1, 0.15) is 30.9 Å². The molecule has 0 saturated carbocycles. The molecule has 24 heavy (non-hydrogen) atoms. The smallest absolute Gasteiger partial charge is 0.193 e. The fourth-order valence-electron chi connectivity index (χ4n) is 2.89. The molecule has 1 aromatic heterocycles. The van der Waals surface area contributed by atoms with Gasteiger partial charge in [-0.1, -0.05) is 12.5 Å². The number of aromatic nitrogens is 3. The Labute approximate surface area is 141 Å². The van der Waals surface area contributed by atoms with Gasteiger partial charge in [0, 0.05) is 37.7 Å². The molecule has 0 bridgehead atoms. The van der Waals surface area contributed by atoms with E-state index in [-0.39, 0.29) is 0 Å². The highest BCUT2D eigenvalue weighted by Gasteiger charge is 2.13. The van der Waals surface area contributed by atoms with E-state index >= 15 is 0 Å². The van der Waals surface area contributed by atoms with E-state index in [1.807, 2.05) is 24.3 Å². The quantitative estimate of drug-likeness (QED) is 0.647. The van der Waals surface area contributed by atoms with Gasteiger partial charge in [0.1, 0.15) is 17.4 Å². The minimum atomic E-state index is 0.388. The molecule has 2 aromatic rings. The molecule has 7 nitrogen and oxygen atoms in total. The fourth-order valence-corrected chi connectivity index (χ4v) is 2.89. The molecule has 3 N–H and O–H groups in total. The van der Waals surface area contributed by atoms with Crippen molar-refractivity contribution in [3.63, 3.8) is 0 Å². The van der Waals surface area contributed by atoms with Crippen molar-refractivity contribution < 1.29 is 4.74 Å². The lowest BCUT2D eigenvalue weighted by Gasteiger charge is -2.08. The minimum Gasteiger partial charge on any atom is -0.497 e. The van der Waals surface area contributed by atoms with Gasteiger partial charge in [-0.3, -0.25) is 4.99 Å². The van der Waals surface area contributed by atoms with Gasteiger partial charge >= 0.3 is 0 Å². The van der Waals surface area contributed by atoms with Crippen LogP contribution in [0.4, 0.5) is 5.69 Å². The molecule has 1 aliphatic heterocycles. The summed E-state index contributed by atoms with van der Waals surface area (Å²) >= 11 is 0. The van der Waals surface area contributed by atoms with Crippen molar-refractivity contribution in [3.8, 4) is 5.75 Å². The standard InChI is InChI=1S/C17H24N6O/c1-24-14-7-5-6-13(12-14)20-17(18)19-10-9-16-22-21-15-8-3-2-4-11-23(15)16/h5-7,12H,2-4,8-11H2,1H3,(H3,18,19,20). The van der Waals surface area contributed by atoms with Crippen LogP contribution in [0.3, 0.4) is 0 Å². The number of hydrogen-bond donors (Lipinski definition) is 2. The summed E-state index contributed by atoms with van der Waals surface area (Å²) in [5.74, 6) is 3.27. The average molecular weight is 328 g/mol. The number of benzene rings is 1. The molecule has 2 heterocycles. The molecule has 0 fully saturated rings. The van der Waals surface area contributed by atoms with E-state index in [1.54, 1.807) is 7.11 Å². The summed E-state index contributed by atoms with van der Waals surface area (Å²) in [4.78, 5) is 4.38. The third kappa shape index (κ3) is 4.04. The summed E-state index contributed by atoms with van der Waals surface area (Å²) in [7, 11) is 1.64.